The van der Waals surface area contributed by atoms with Crippen LogP contribution in [0.25, 0.3) is 0 Å². The molecular weight excluding hydrogens is 355 g/mol. The Morgan fingerprint density at radius 3 is 2.25 bits per heavy atom. The number of hydrogen-bond donors (Lipinski definition) is 0. The predicted molar refractivity (Wildman–Crippen MR) is 87.2 cm³/mol. The van der Waals surface area contributed by atoms with Gasteiger partial charge in [-0.15, -0.1) is 0 Å². The fraction of sp³-hybridized carbons (Fsp3) is 0.125. The lowest BCUT2D eigenvalue weighted by Gasteiger charge is -2.23. The first-order valence-corrected chi connectivity index (χ1v) is 7.40. The highest BCUT2D eigenvalue weighted by Crippen LogP contribution is 2.40. The van der Waals surface area contributed by atoms with E-state index in [1.165, 1.54) is 36.4 Å². The molecule has 0 saturated heterocycles. The fourth-order valence-electron chi connectivity index (χ4n) is 1.92. The number of nitriles is 1. The van der Waals surface area contributed by atoms with E-state index in [1.807, 2.05) is 6.07 Å². The molecule has 122 valence electrons. The molecule has 0 spiro atoms. The molecule has 0 bridgehead atoms. The summed E-state index contributed by atoms with van der Waals surface area (Å²) in [6.07, 6.45) is -1.56. The van der Waals surface area contributed by atoms with E-state index in [-0.39, 0.29) is 11.1 Å². The Balaban J connectivity index is 2.38. The van der Waals surface area contributed by atoms with Gasteiger partial charge in [0.2, 0.25) is 6.10 Å². The van der Waals surface area contributed by atoms with Crippen LogP contribution < -0.4 is 0 Å². The fourth-order valence-corrected chi connectivity index (χ4v) is 2.26. The summed E-state index contributed by atoms with van der Waals surface area (Å²) < 4.78 is 2.61. The number of hydrogen-bond acceptors (Lipinski definition) is 5. The number of rotatable bonds is 5. The van der Waals surface area contributed by atoms with E-state index in [4.69, 9.17) is 33.2 Å². The standard InChI is InChI=1S/C16H10Cl2N2O4/c17-16(18,20(22)23)14(12-8-6-11(10-19)7-9-12)24-15(21)13-4-2-1-3-5-13/h1-9,14H. The van der Waals surface area contributed by atoms with Gasteiger partial charge in [-0.05, 0) is 47.5 Å². The first-order chi connectivity index (χ1) is 11.4. The van der Waals surface area contributed by atoms with Gasteiger partial charge in [0.15, 0.2) is 0 Å². The van der Waals surface area contributed by atoms with Gasteiger partial charge in [0.25, 0.3) is 0 Å². The lowest BCUT2D eigenvalue weighted by Crippen LogP contribution is -2.35. The second-order valence-corrected chi connectivity index (χ2v) is 6.08. The third-order valence-corrected chi connectivity index (χ3v) is 3.81. The van der Waals surface area contributed by atoms with Crippen molar-refractivity contribution in [3.05, 3.63) is 81.4 Å². The summed E-state index contributed by atoms with van der Waals surface area (Å²) in [5.74, 6) is -0.808. The molecular formula is C16H10Cl2N2O4. The number of carbonyl (C=O) groups excluding carboxylic acids is 1. The molecule has 24 heavy (non-hydrogen) atoms. The monoisotopic (exact) mass is 364 g/mol. The topological polar surface area (TPSA) is 93.2 Å². The van der Waals surface area contributed by atoms with Gasteiger partial charge in [-0.1, -0.05) is 30.3 Å². The lowest BCUT2D eigenvalue weighted by atomic mass is 10.1. The molecule has 2 aromatic carbocycles. The van der Waals surface area contributed by atoms with Gasteiger partial charge in [0.05, 0.1) is 22.1 Å². The Morgan fingerprint density at radius 2 is 1.75 bits per heavy atom. The van der Waals surface area contributed by atoms with Crippen LogP contribution in [0.3, 0.4) is 0 Å². The van der Waals surface area contributed by atoms with E-state index in [9.17, 15) is 14.9 Å². The van der Waals surface area contributed by atoms with E-state index in [0.717, 1.165) is 0 Å². The van der Waals surface area contributed by atoms with E-state index < -0.39 is 21.5 Å². The summed E-state index contributed by atoms with van der Waals surface area (Å²) in [4.78, 5) is 22.4. The van der Waals surface area contributed by atoms with Crippen molar-refractivity contribution < 1.29 is 14.5 Å². The predicted octanol–water partition coefficient (Wildman–Crippen LogP) is 3.86. The summed E-state index contributed by atoms with van der Waals surface area (Å²) in [7, 11) is 0. The van der Waals surface area contributed by atoms with E-state index in [1.54, 1.807) is 18.2 Å². The number of ether oxygens (including phenoxy) is 1. The summed E-state index contributed by atoms with van der Waals surface area (Å²) >= 11 is 11.6. The zero-order chi connectivity index (χ0) is 17.7. The van der Waals surface area contributed by atoms with Crippen LogP contribution in [0.2, 0.25) is 0 Å². The van der Waals surface area contributed by atoms with Gasteiger partial charge in [-0.3, -0.25) is 10.1 Å². The van der Waals surface area contributed by atoms with Crippen LogP contribution in [0.1, 0.15) is 27.6 Å². The quantitative estimate of drug-likeness (QED) is 0.264. The first kappa shape index (κ1) is 17.7. The minimum Gasteiger partial charge on any atom is -0.443 e. The molecule has 0 aliphatic rings. The largest absolute Gasteiger partial charge is 0.443 e. The van der Waals surface area contributed by atoms with Crippen LogP contribution in [0.15, 0.2) is 54.6 Å². The Bertz CT molecular complexity index is 786. The molecule has 1 unspecified atom stereocenters. The number of nitrogens with zero attached hydrogens (tertiary/aromatic N) is 2. The molecule has 0 heterocycles. The Labute approximate surface area is 147 Å². The molecule has 0 radical (unpaired) electrons. The maximum absolute atomic E-state index is 12.2. The third-order valence-electron chi connectivity index (χ3n) is 3.14. The second kappa shape index (κ2) is 7.30. The molecule has 6 nitrogen and oxygen atoms in total. The van der Waals surface area contributed by atoms with Crippen molar-refractivity contribution >= 4 is 29.2 Å². The van der Waals surface area contributed by atoms with Crippen LogP contribution >= 0.6 is 23.2 Å². The van der Waals surface area contributed by atoms with Crippen LogP contribution in [0.4, 0.5) is 0 Å². The smallest absolute Gasteiger partial charge is 0.411 e. The van der Waals surface area contributed by atoms with E-state index in [0.29, 0.717) is 5.56 Å². The highest BCUT2D eigenvalue weighted by molar-refractivity contribution is 6.47. The average Bonchev–Trinajstić information content (AvgIpc) is 2.60. The molecule has 2 rings (SSSR count). The zero-order valence-corrected chi connectivity index (χ0v) is 13.6. The summed E-state index contributed by atoms with van der Waals surface area (Å²) in [5.41, 5.74) is 0.728. The van der Waals surface area contributed by atoms with Crippen molar-refractivity contribution in [2.45, 2.75) is 10.6 Å². The molecule has 0 aromatic heterocycles. The molecule has 2 aromatic rings. The number of nitro groups is 1. The Hall–Kier alpha value is -2.62. The minimum absolute atomic E-state index is 0.194. The summed E-state index contributed by atoms with van der Waals surface area (Å²) in [6.45, 7) is 0. The van der Waals surface area contributed by atoms with Crippen molar-refractivity contribution in [3.8, 4) is 6.07 Å². The molecule has 0 fully saturated rings. The molecule has 0 aliphatic carbocycles. The molecule has 0 amide bonds. The zero-order valence-electron chi connectivity index (χ0n) is 12.1. The number of alkyl halides is 2. The van der Waals surface area contributed by atoms with Crippen LogP contribution in [0.5, 0.6) is 0 Å². The SMILES string of the molecule is N#Cc1ccc(C(OC(=O)c2ccccc2)C(Cl)(Cl)[N+](=O)[O-])cc1. The van der Waals surface area contributed by atoms with Crippen molar-refractivity contribution in [3.63, 3.8) is 0 Å². The molecule has 8 heteroatoms. The minimum atomic E-state index is -2.58. The van der Waals surface area contributed by atoms with Crippen molar-refractivity contribution in [2.75, 3.05) is 0 Å². The highest BCUT2D eigenvalue weighted by Gasteiger charge is 2.51. The second-order valence-electron chi connectivity index (χ2n) is 4.73. The van der Waals surface area contributed by atoms with Gasteiger partial charge >= 0.3 is 10.4 Å². The maximum Gasteiger partial charge on any atom is 0.411 e. The maximum atomic E-state index is 12.2. The molecule has 1 atom stereocenters. The van der Waals surface area contributed by atoms with Gasteiger partial charge < -0.3 is 4.74 Å². The van der Waals surface area contributed by atoms with Gasteiger partial charge in [0.1, 0.15) is 0 Å². The highest BCUT2D eigenvalue weighted by atomic mass is 35.5. The van der Waals surface area contributed by atoms with Crippen LogP contribution in [-0.4, -0.2) is 15.3 Å². The lowest BCUT2D eigenvalue weighted by molar-refractivity contribution is -0.528. The van der Waals surface area contributed by atoms with Crippen molar-refractivity contribution in [1.29, 1.82) is 5.26 Å². The van der Waals surface area contributed by atoms with E-state index in [2.05, 4.69) is 0 Å². The van der Waals surface area contributed by atoms with Crippen LogP contribution in [0, 0.1) is 21.4 Å². The van der Waals surface area contributed by atoms with Gasteiger partial charge in [-0.2, -0.15) is 5.26 Å². The average molecular weight is 365 g/mol. The molecule has 0 aliphatic heterocycles. The molecule has 0 N–H and O–H groups in total. The van der Waals surface area contributed by atoms with E-state index >= 15 is 0 Å². The van der Waals surface area contributed by atoms with Crippen molar-refractivity contribution in [1.82, 2.24) is 0 Å². The van der Waals surface area contributed by atoms with Crippen molar-refractivity contribution in [2.24, 2.45) is 0 Å². The third kappa shape index (κ3) is 3.82. The first-order valence-electron chi connectivity index (χ1n) is 6.64. The normalized spacial score (nSPS) is 12.0. The van der Waals surface area contributed by atoms with Crippen LogP contribution in [-0.2, 0) is 4.74 Å². The Morgan fingerprint density at radius 1 is 1.17 bits per heavy atom. The number of esters is 1. The molecule has 0 saturated carbocycles. The number of carbonyl (C=O) groups is 1. The number of halogens is 2. The van der Waals surface area contributed by atoms with Gasteiger partial charge in [-0.25, -0.2) is 4.79 Å². The number of benzene rings is 2. The summed E-state index contributed by atoms with van der Waals surface area (Å²) in [5, 5.41) is 20.0. The van der Waals surface area contributed by atoms with Gasteiger partial charge in [0, 0.05) is 5.56 Å². The summed E-state index contributed by atoms with van der Waals surface area (Å²) in [6, 6.07) is 15.5. The Kier molecular flexibility index (Phi) is 5.39.